The van der Waals surface area contributed by atoms with E-state index in [0.717, 1.165) is 38.0 Å². The highest BCUT2D eigenvalue weighted by Gasteiger charge is 2.24. The number of nitrogens with zero attached hydrogens (tertiary/aromatic N) is 6. The van der Waals surface area contributed by atoms with Gasteiger partial charge in [0.2, 0.25) is 17.6 Å². The molecule has 1 fully saturated rings. The molecule has 8 heteroatoms. The molecule has 1 amide bonds. The smallest absolute Gasteiger partial charge is 0.227 e. The minimum absolute atomic E-state index is 0.147. The van der Waals surface area contributed by atoms with Crippen LogP contribution < -0.4 is 0 Å². The van der Waals surface area contributed by atoms with Crippen LogP contribution in [0.3, 0.4) is 0 Å². The van der Waals surface area contributed by atoms with Gasteiger partial charge in [0.25, 0.3) is 0 Å². The van der Waals surface area contributed by atoms with Gasteiger partial charge in [-0.2, -0.15) is 4.98 Å². The number of aryl methyl sites for hydroxylation is 1. The van der Waals surface area contributed by atoms with Gasteiger partial charge in [-0.15, -0.1) is 0 Å². The first-order valence-corrected chi connectivity index (χ1v) is 9.24. The standard InChI is InChI=1S/C19H22N6O2/c26-18(25-10-1-2-15(13-25)12-24-11-9-21-14-24)4-3-17-22-19(23-27-17)16-5-7-20-8-6-16/h5-9,11,14-15H,1-4,10,12-13H2. The molecule has 0 spiro atoms. The fourth-order valence-corrected chi connectivity index (χ4v) is 3.48. The normalized spacial score (nSPS) is 17.2. The lowest BCUT2D eigenvalue weighted by Crippen LogP contribution is -2.41. The molecule has 1 aliphatic heterocycles. The number of carbonyl (C=O) groups excluding carboxylic acids is 1. The predicted octanol–water partition coefficient (Wildman–Crippen LogP) is 2.20. The van der Waals surface area contributed by atoms with E-state index < -0.39 is 0 Å². The third kappa shape index (κ3) is 4.39. The number of imidazole rings is 1. The molecule has 0 aromatic carbocycles. The number of aromatic nitrogens is 5. The maximum Gasteiger partial charge on any atom is 0.227 e. The number of hydrogen-bond donors (Lipinski definition) is 0. The lowest BCUT2D eigenvalue weighted by molar-refractivity contribution is -0.133. The molecule has 0 saturated carbocycles. The summed E-state index contributed by atoms with van der Waals surface area (Å²) in [5, 5.41) is 3.98. The van der Waals surface area contributed by atoms with E-state index in [9.17, 15) is 4.79 Å². The molecule has 0 radical (unpaired) electrons. The summed E-state index contributed by atoms with van der Waals surface area (Å²) in [4.78, 5) is 27.0. The van der Waals surface area contributed by atoms with Crippen molar-refractivity contribution in [1.82, 2.24) is 29.6 Å². The molecule has 140 valence electrons. The Hall–Kier alpha value is -3.03. The summed E-state index contributed by atoms with van der Waals surface area (Å²) >= 11 is 0. The number of hydrogen-bond acceptors (Lipinski definition) is 6. The van der Waals surface area contributed by atoms with E-state index in [1.54, 1.807) is 18.6 Å². The highest BCUT2D eigenvalue weighted by Crippen LogP contribution is 2.20. The van der Waals surface area contributed by atoms with Gasteiger partial charge in [0.05, 0.1) is 6.33 Å². The molecular formula is C19H22N6O2. The quantitative estimate of drug-likeness (QED) is 0.664. The fraction of sp³-hybridized carbons (Fsp3) is 0.421. The van der Waals surface area contributed by atoms with Crippen molar-refractivity contribution >= 4 is 5.91 Å². The number of rotatable bonds is 6. The predicted molar refractivity (Wildman–Crippen MR) is 97.4 cm³/mol. The van der Waals surface area contributed by atoms with Crippen LogP contribution in [0, 0.1) is 5.92 Å². The number of likely N-dealkylation sites (tertiary alicyclic amines) is 1. The van der Waals surface area contributed by atoms with Crippen molar-refractivity contribution in [3.05, 3.63) is 49.1 Å². The van der Waals surface area contributed by atoms with Crippen molar-refractivity contribution < 1.29 is 9.32 Å². The average molecular weight is 366 g/mol. The van der Waals surface area contributed by atoms with Gasteiger partial charge in [0.1, 0.15) is 0 Å². The van der Waals surface area contributed by atoms with Crippen LogP contribution in [0.25, 0.3) is 11.4 Å². The molecule has 0 bridgehead atoms. The molecule has 1 unspecified atom stereocenters. The second-order valence-corrected chi connectivity index (χ2v) is 6.86. The fourth-order valence-electron chi connectivity index (χ4n) is 3.48. The van der Waals surface area contributed by atoms with Gasteiger partial charge >= 0.3 is 0 Å². The van der Waals surface area contributed by atoms with Crippen LogP contribution in [0.15, 0.2) is 47.8 Å². The molecule has 1 atom stereocenters. The zero-order valence-corrected chi connectivity index (χ0v) is 15.1. The van der Waals surface area contributed by atoms with Crippen LogP contribution in [0.5, 0.6) is 0 Å². The van der Waals surface area contributed by atoms with E-state index in [1.165, 1.54) is 0 Å². The zero-order valence-electron chi connectivity index (χ0n) is 15.1. The van der Waals surface area contributed by atoms with Crippen molar-refractivity contribution in [2.75, 3.05) is 13.1 Å². The molecule has 4 rings (SSSR count). The Morgan fingerprint density at radius 1 is 1.22 bits per heavy atom. The van der Waals surface area contributed by atoms with Crippen LogP contribution in [-0.4, -0.2) is 48.6 Å². The summed E-state index contributed by atoms with van der Waals surface area (Å²) in [6.07, 6.45) is 12.0. The second kappa shape index (κ2) is 8.11. The van der Waals surface area contributed by atoms with Gasteiger partial charge in [-0.05, 0) is 30.9 Å². The Morgan fingerprint density at radius 2 is 2.11 bits per heavy atom. The van der Waals surface area contributed by atoms with Gasteiger partial charge in [0.15, 0.2) is 0 Å². The molecule has 1 saturated heterocycles. The molecule has 3 aromatic rings. The number of piperidine rings is 1. The summed E-state index contributed by atoms with van der Waals surface area (Å²) in [7, 11) is 0. The maximum atomic E-state index is 12.6. The highest BCUT2D eigenvalue weighted by molar-refractivity contribution is 5.76. The van der Waals surface area contributed by atoms with Crippen molar-refractivity contribution in [2.45, 2.75) is 32.2 Å². The Balaban J connectivity index is 1.29. The Labute approximate surface area is 157 Å². The molecule has 3 aromatic heterocycles. The minimum atomic E-state index is 0.147. The van der Waals surface area contributed by atoms with Crippen LogP contribution in [0.4, 0.5) is 0 Å². The third-order valence-electron chi connectivity index (χ3n) is 4.86. The van der Waals surface area contributed by atoms with E-state index in [4.69, 9.17) is 4.52 Å². The van der Waals surface area contributed by atoms with Crippen molar-refractivity contribution in [2.24, 2.45) is 5.92 Å². The second-order valence-electron chi connectivity index (χ2n) is 6.86. The average Bonchev–Trinajstić information content (AvgIpc) is 3.39. The van der Waals surface area contributed by atoms with Crippen LogP contribution in [-0.2, 0) is 17.8 Å². The van der Waals surface area contributed by atoms with Crippen molar-refractivity contribution in [1.29, 1.82) is 0 Å². The Bertz CT molecular complexity index is 861. The third-order valence-corrected chi connectivity index (χ3v) is 4.86. The molecule has 0 N–H and O–H groups in total. The Kier molecular flexibility index (Phi) is 5.22. The number of pyridine rings is 1. The van der Waals surface area contributed by atoms with Crippen LogP contribution in [0.1, 0.15) is 25.2 Å². The summed E-state index contributed by atoms with van der Waals surface area (Å²) in [5.41, 5.74) is 0.852. The monoisotopic (exact) mass is 366 g/mol. The molecule has 27 heavy (non-hydrogen) atoms. The Morgan fingerprint density at radius 3 is 2.93 bits per heavy atom. The van der Waals surface area contributed by atoms with E-state index in [-0.39, 0.29) is 5.91 Å². The van der Waals surface area contributed by atoms with E-state index in [0.29, 0.717) is 30.5 Å². The van der Waals surface area contributed by atoms with Gasteiger partial charge in [-0.25, -0.2) is 4.98 Å². The van der Waals surface area contributed by atoms with E-state index >= 15 is 0 Å². The number of carbonyl (C=O) groups is 1. The summed E-state index contributed by atoms with van der Waals surface area (Å²) in [5.74, 6) is 1.63. The molecule has 8 nitrogen and oxygen atoms in total. The SMILES string of the molecule is O=C(CCc1nc(-c2ccncc2)no1)N1CCCC(Cn2ccnc2)C1. The van der Waals surface area contributed by atoms with Gasteiger partial charge in [0, 0.05) is 62.8 Å². The summed E-state index contributed by atoms with van der Waals surface area (Å²) in [6.45, 7) is 2.53. The van der Waals surface area contributed by atoms with Gasteiger partial charge < -0.3 is 14.0 Å². The van der Waals surface area contributed by atoms with Crippen molar-refractivity contribution in [3.63, 3.8) is 0 Å². The highest BCUT2D eigenvalue weighted by atomic mass is 16.5. The zero-order chi connectivity index (χ0) is 18.5. The maximum absolute atomic E-state index is 12.6. The van der Waals surface area contributed by atoms with Crippen LogP contribution >= 0.6 is 0 Å². The van der Waals surface area contributed by atoms with E-state index in [2.05, 4.69) is 24.7 Å². The van der Waals surface area contributed by atoms with Gasteiger partial charge in [-0.1, -0.05) is 5.16 Å². The molecule has 1 aliphatic rings. The van der Waals surface area contributed by atoms with Crippen LogP contribution in [0.2, 0.25) is 0 Å². The first kappa shape index (κ1) is 17.4. The lowest BCUT2D eigenvalue weighted by atomic mass is 9.97. The molecule has 0 aliphatic carbocycles. The van der Waals surface area contributed by atoms with Crippen molar-refractivity contribution in [3.8, 4) is 11.4 Å². The number of amides is 1. The lowest BCUT2D eigenvalue weighted by Gasteiger charge is -2.33. The largest absolute Gasteiger partial charge is 0.342 e. The summed E-state index contributed by atoms with van der Waals surface area (Å²) in [6, 6.07) is 3.65. The topological polar surface area (TPSA) is 89.9 Å². The van der Waals surface area contributed by atoms with E-state index in [1.807, 2.05) is 29.6 Å². The molecular weight excluding hydrogens is 344 g/mol. The minimum Gasteiger partial charge on any atom is -0.342 e. The van der Waals surface area contributed by atoms with Gasteiger partial charge in [-0.3, -0.25) is 9.78 Å². The summed E-state index contributed by atoms with van der Waals surface area (Å²) < 4.78 is 7.37. The first-order valence-electron chi connectivity index (χ1n) is 9.24. The first-order chi connectivity index (χ1) is 13.3. The molecule has 4 heterocycles.